The fraction of sp³-hybridized carbons (Fsp3) is 0.500. The van der Waals surface area contributed by atoms with Crippen LogP contribution in [0.25, 0.3) is 0 Å². The maximum absolute atomic E-state index is 13.6. The third kappa shape index (κ3) is 5.67. The van der Waals surface area contributed by atoms with E-state index >= 15 is 0 Å². The molecule has 2 aliphatic rings. The van der Waals surface area contributed by atoms with Crippen molar-refractivity contribution in [2.75, 3.05) is 31.6 Å². The molecule has 36 heavy (non-hydrogen) atoms. The van der Waals surface area contributed by atoms with Gasteiger partial charge in [-0.1, -0.05) is 23.7 Å². The van der Waals surface area contributed by atoms with Crippen LogP contribution in [0.15, 0.2) is 42.5 Å². The first-order chi connectivity index (χ1) is 17.3. The van der Waals surface area contributed by atoms with Gasteiger partial charge < -0.3 is 15.3 Å². The average Bonchev–Trinajstić information content (AvgIpc) is 3.61. The Balaban J connectivity index is 1.50. The van der Waals surface area contributed by atoms with Gasteiger partial charge in [-0.05, 0) is 86.8 Å². The van der Waals surface area contributed by atoms with E-state index in [0.717, 1.165) is 25.7 Å². The molecule has 2 aromatic rings. The molecule has 4 rings (SSSR count). The first-order valence-corrected chi connectivity index (χ1v) is 13.0. The van der Waals surface area contributed by atoms with E-state index in [4.69, 9.17) is 11.6 Å². The van der Waals surface area contributed by atoms with Gasteiger partial charge >= 0.3 is 6.03 Å². The molecule has 2 fully saturated rings. The van der Waals surface area contributed by atoms with Crippen LogP contribution >= 0.6 is 11.6 Å². The number of nitrogens with one attached hydrogen (secondary N) is 1. The summed E-state index contributed by atoms with van der Waals surface area (Å²) in [5.41, 5.74) is 2.48. The summed E-state index contributed by atoms with van der Waals surface area (Å²) < 4.78 is 13.6. The number of rotatable bonds is 9. The Morgan fingerprint density at radius 3 is 2.75 bits per heavy atom. The van der Waals surface area contributed by atoms with E-state index in [2.05, 4.69) is 36.2 Å². The Kier molecular flexibility index (Phi) is 8.19. The number of benzene rings is 2. The summed E-state index contributed by atoms with van der Waals surface area (Å²) in [6, 6.07) is 14.5. The minimum absolute atomic E-state index is 0.0340. The van der Waals surface area contributed by atoms with Gasteiger partial charge in [0.15, 0.2) is 0 Å². The van der Waals surface area contributed by atoms with Crippen LogP contribution in [0.5, 0.6) is 0 Å². The lowest BCUT2D eigenvalue weighted by Crippen LogP contribution is -2.49. The quantitative estimate of drug-likeness (QED) is 0.471. The van der Waals surface area contributed by atoms with E-state index in [1.54, 1.807) is 0 Å². The lowest BCUT2D eigenvalue weighted by molar-refractivity contribution is 0.122. The molecule has 2 aromatic carbocycles. The number of urea groups is 1. The van der Waals surface area contributed by atoms with Crippen LogP contribution in [0, 0.1) is 23.1 Å². The SMILES string of the molecule is CC(C)N(CCO)CCN(C(=O)Nc1ccc(F)c(Cl)c1)[C@@H]1CC[C@]2(c3cccc(C#N)c3)CC2C1. The van der Waals surface area contributed by atoms with Crippen LogP contribution in [0.4, 0.5) is 14.9 Å². The van der Waals surface area contributed by atoms with Gasteiger partial charge in [0.25, 0.3) is 0 Å². The van der Waals surface area contributed by atoms with Crippen molar-refractivity contribution in [3.63, 3.8) is 0 Å². The number of amides is 2. The lowest BCUT2D eigenvalue weighted by Gasteiger charge is -2.38. The number of hydrogen-bond acceptors (Lipinski definition) is 4. The van der Waals surface area contributed by atoms with Crippen molar-refractivity contribution in [1.29, 1.82) is 5.26 Å². The van der Waals surface area contributed by atoms with Gasteiger partial charge in [-0.2, -0.15) is 5.26 Å². The third-order valence-corrected chi connectivity index (χ3v) is 8.19. The highest BCUT2D eigenvalue weighted by atomic mass is 35.5. The molecular weight excluding hydrogens is 479 g/mol. The molecule has 0 aliphatic heterocycles. The van der Waals surface area contributed by atoms with Crippen LogP contribution in [0.3, 0.4) is 0 Å². The number of carbonyl (C=O) groups excluding carboxylic acids is 1. The van der Waals surface area contributed by atoms with E-state index < -0.39 is 5.82 Å². The molecule has 0 spiro atoms. The molecule has 0 aromatic heterocycles. The smallest absolute Gasteiger partial charge is 0.322 e. The number of carbonyl (C=O) groups is 1. The maximum Gasteiger partial charge on any atom is 0.322 e. The number of hydrogen-bond donors (Lipinski definition) is 2. The molecule has 2 aliphatic carbocycles. The second-order valence-corrected chi connectivity index (χ2v) is 10.7. The van der Waals surface area contributed by atoms with Crippen molar-refractivity contribution in [3.8, 4) is 6.07 Å². The van der Waals surface area contributed by atoms with Crippen molar-refractivity contribution in [3.05, 3.63) is 64.4 Å². The zero-order valence-corrected chi connectivity index (χ0v) is 21.6. The van der Waals surface area contributed by atoms with Crippen LogP contribution in [0.2, 0.25) is 5.02 Å². The zero-order chi connectivity index (χ0) is 25.9. The summed E-state index contributed by atoms with van der Waals surface area (Å²) in [5, 5.41) is 21.7. The number of halogens is 2. The Morgan fingerprint density at radius 2 is 2.08 bits per heavy atom. The Hall–Kier alpha value is -2.66. The predicted molar refractivity (Wildman–Crippen MR) is 140 cm³/mol. The van der Waals surface area contributed by atoms with Crippen molar-refractivity contribution in [2.45, 2.75) is 57.0 Å². The molecule has 192 valence electrons. The van der Waals surface area contributed by atoms with Gasteiger partial charge in [0.2, 0.25) is 0 Å². The first kappa shape index (κ1) is 26.4. The van der Waals surface area contributed by atoms with Gasteiger partial charge in [-0.15, -0.1) is 0 Å². The van der Waals surface area contributed by atoms with Crippen LogP contribution in [-0.4, -0.2) is 59.3 Å². The fourth-order valence-corrected chi connectivity index (χ4v) is 5.94. The summed E-state index contributed by atoms with van der Waals surface area (Å²) in [4.78, 5) is 17.5. The second kappa shape index (κ2) is 11.2. The van der Waals surface area contributed by atoms with Crippen molar-refractivity contribution < 1.29 is 14.3 Å². The average molecular weight is 513 g/mol. The molecule has 2 N–H and O–H groups in total. The number of anilines is 1. The molecule has 8 heteroatoms. The van der Waals surface area contributed by atoms with E-state index in [1.165, 1.54) is 23.8 Å². The van der Waals surface area contributed by atoms with E-state index in [9.17, 15) is 19.6 Å². The number of nitriles is 1. The minimum atomic E-state index is -0.527. The summed E-state index contributed by atoms with van der Waals surface area (Å²) in [5.74, 6) is -0.0553. The van der Waals surface area contributed by atoms with Gasteiger partial charge in [-0.3, -0.25) is 4.90 Å². The number of nitrogens with zero attached hydrogens (tertiary/aromatic N) is 3. The molecule has 2 amide bonds. The Labute approximate surface area is 217 Å². The van der Waals surface area contributed by atoms with Crippen LogP contribution in [0.1, 0.15) is 50.7 Å². The highest BCUT2D eigenvalue weighted by Gasteiger charge is 2.58. The van der Waals surface area contributed by atoms with Crippen molar-refractivity contribution in [2.24, 2.45) is 5.92 Å². The molecule has 0 radical (unpaired) electrons. The second-order valence-electron chi connectivity index (χ2n) is 10.3. The molecule has 0 bridgehead atoms. The molecule has 1 unspecified atom stereocenters. The summed E-state index contributed by atoms with van der Waals surface area (Å²) in [6.07, 6.45) is 3.81. The van der Waals surface area contributed by atoms with E-state index in [0.29, 0.717) is 36.8 Å². The number of fused-ring (bicyclic) bond motifs is 1. The molecular formula is C28H34ClFN4O2. The van der Waals surface area contributed by atoms with Crippen LogP contribution in [-0.2, 0) is 5.41 Å². The fourth-order valence-electron chi connectivity index (χ4n) is 5.76. The third-order valence-electron chi connectivity index (χ3n) is 7.90. The maximum atomic E-state index is 13.6. The normalized spacial score (nSPS) is 22.7. The Bertz CT molecular complexity index is 1140. The summed E-state index contributed by atoms with van der Waals surface area (Å²) >= 11 is 5.93. The molecule has 3 atom stereocenters. The molecule has 0 heterocycles. The monoisotopic (exact) mass is 512 g/mol. The number of aliphatic hydroxyl groups excluding tert-OH is 1. The first-order valence-electron chi connectivity index (χ1n) is 12.7. The predicted octanol–water partition coefficient (Wildman–Crippen LogP) is 5.40. The highest BCUT2D eigenvalue weighted by molar-refractivity contribution is 6.31. The molecule has 2 saturated carbocycles. The van der Waals surface area contributed by atoms with E-state index in [1.807, 2.05) is 23.1 Å². The highest BCUT2D eigenvalue weighted by Crippen LogP contribution is 2.62. The molecule has 0 saturated heterocycles. The topological polar surface area (TPSA) is 79.6 Å². The number of aliphatic hydroxyl groups is 1. The summed E-state index contributed by atoms with van der Waals surface area (Å²) in [7, 11) is 0. The lowest BCUT2D eigenvalue weighted by atomic mass is 9.80. The minimum Gasteiger partial charge on any atom is -0.395 e. The Morgan fingerprint density at radius 1 is 1.28 bits per heavy atom. The van der Waals surface area contributed by atoms with Crippen molar-refractivity contribution >= 4 is 23.3 Å². The van der Waals surface area contributed by atoms with Gasteiger partial charge in [0.1, 0.15) is 5.82 Å². The largest absolute Gasteiger partial charge is 0.395 e. The van der Waals surface area contributed by atoms with Gasteiger partial charge in [0.05, 0.1) is 23.3 Å². The zero-order valence-electron chi connectivity index (χ0n) is 20.9. The van der Waals surface area contributed by atoms with Gasteiger partial charge in [0, 0.05) is 37.4 Å². The summed E-state index contributed by atoms with van der Waals surface area (Å²) in [6.45, 7) is 5.93. The van der Waals surface area contributed by atoms with Gasteiger partial charge in [-0.25, -0.2) is 9.18 Å². The molecule has 6 nitrogen and oxygen atoms in total. The van der Waals surface area contributed by atoms with Crippen molar-refractivity contribution in [1.82, 2.24) is 9.80 Å². The van der Waals surface area contributed by atoms with Crippen LogP contribution < -0.4 is 5.32 Å². The van der Waals surface area contributed by atoms with E-state index in [-0.39, 0.29) is 35.2 Å². The standard InChI is InChI=1S/C28H34ClFN4O2/c1-19(2)33(12-13-35)10-11-34(27(36)32-23-6-7-26(30)25(29)16-23)24-8-9-28(17-22(28)15-24)21-5-3-4-20(14-21)18-31/h3-7,14,16,19,22,24,35H,8-13,15,17H2,1-2H3,(H,32,36)/t22?,24-,28-/m1/s1.